The third-order valence-electron chi connectivity index (χ3n) is 6.25. The van der Waals surface area contributed by atoms with E-state index < -0.39 is 5.60 Å². The maximum Gasteiger partial charge on any atom is 0.410 e. The largest absolute Gasteiger partial charge is 0.444 e. The van der Waals surface area contributed by atoms with Crippen LogP contribution in [0.2, 0.25) is 0 Å². The second-order valence-corrected chi connectivity index (χ2v) is 9.94. The number of carbonyl (C=O) groups excluding carboxylic acids is 1. The summed E-state index contributed by atoms with van der Waals surface area (Å²) in [6.45, 7) is 9.59. The molecular weight excluding hydrogens is 394 g/mol. The van der Waals surface area contributed by atoms with E-state index >= 15 is 0 Å². The van der Waals surface area contributed by atoms with Crippen LogP contribution in [0.4, 0.5) is 10.6 Å². The van der Waals surface area contributed by atoms with E-state index in [2.05, 4.69) is 17.0 Å². The number of hydrogen-bond acceptors (Lipinski definition) is 6. The molecule has 31 heavy (non-hydrogen) atoms. The second-order valence-electron chi connectivity index (χ2n) is 9.94. The zero-order chi connectivity index (χ0) is 21.6. The predicted octanol–water partition coefficient (Wildman–Crippen LogP) is 3.91. The first kappa shape index (κ1) is 20.5. The highest BCUT2D eigenvalue weighted by Gasteiger charge is 2.34. The van der Waals surface area contributed by atoms with Crippen molar-refractivity contribution in [3.63, 3.8) is 0 Å². The van der Waals surface area contributed by atoms with E-state index in [1.54, 1.807) is 0 Å². The van der Waals surface area contributed by atoms with Gasteiger partial charge in [-0.15, -0.1) is 0 Å². The number of nitrogens with zero attached hydrogens (tertiary/aromatic N) is 5. The van der Waals surface area contributed by atoms with Crippen molar-refractivity contribution < 1.29 is 14.3 Å². The fraction of sp³-hybridized carbons (Fsp3) is 0.696. The van der Waals surface area contributed by atoms with Crippen LogP contribution in [0.5, 0.6) is 0 Å². The van der Waals surface area contributed by atoms with Crippen molar-refractivity contribution in [3.05, 3.63) is 23.5 Å². The molecule has 3 fully saturated rings. The van der Waals surface area contributed by atoms with Gasteiger partial charge in [0.15, 0.2) is 5.65 Å². The number of morpholine rings is 1. The van der Waals surface area contributed by atoms with E-state index in [0.29, 0.717) is 12.5 Å². The van der Waals surface area contributed by atoms with Crippen LogP contribution in [0.15, 0.2) is 12.1 Å². The number of likely N-dealkylation sites (tertiary alicyclic amines) is 1. The molecule has 5 rings (SSSR count). The van der Waals surface area contributed by atoms with Gasteiger partial charge in [0.25, 0.3) is 0 Å². The van der Waals surface area contributed by atoms with Gasteiger partial charge >= 0.3 is 6.09 Å². The number of aromatic nitrogens is 3. The molecule has 2 aliphatic heterocycles. The lowest BCUT2D eigenvalue weighted by atomic mass is 10.00. The lowest BCUT2D eigenvalue weighted by Gasteiger charge is -2.35. The summed E-state index contributed by atoms with van der Waals surface area (Å²) >= 11 is 0. The van der Waals surface area contributed by atoms with Crippen LogP contribution in [0.1, 0.15) is 76.2 Å². The first-order valence-electron chi connectivity index (χ1n) is 11.6. The molecule has 1 aliphatic carbocycles. The number of anilines is 1. The fourth-order valence-electron chi connectivity index (χ4n) is 4.54. The number of carbonyl (C=O) groups is 1. The molecule has 3 aliphatic rings. The van der Waals surface area contributed by atoms with Gasteiger partial charge in [-0.05, 0) is 52.9 Å². The molecule has 0 aromatic carbocycles. The van der Waals surface area contributed by atoms with Crippen LogP contribution >= 0.6 is 0 Å². The molecule has 2 aromatic rings. The molecule has 1 atom stereocenters. The molecule has 0 spiro atoms. The maximum absolute atomic E-state index is 12.9. The molecular formula is C23H33N5O3. The molecule has 0 unspecified atom stereocenters. The number of amides is 1. The molecule has 168 valence electrons. The van der Waals surface area contributed by atoms with Gasteiger partial charge in [-0.1, -0.05) is 0 Å². The van der Waals surface area contributed by atoms with Crippen LogP contribution < -0.4 is 4.90 Å². The molecule has 0 radical (unpaired) electrons. The van der Waals surface area contributed by atoms with Crippen molar-refractivity contribution in [1.82, 2.24) is 19.5 Å². The Morgan fingerprint density at radius 2 is 1.84 bits per heavy atom. The molecule has 1 saturated carbocycles. The van der Waals surface area contributed by atoms with E-state index in [0.717, 1.165) is 68.4 Å². The average Bonchev–Trinajstić information content (AvgIpc) is 3.51. The van der Waals surface area contributed by atoms with Gasteiger partial charge in [0, 0.05) is 43.4 Å². The van der Waals surface area contributed by atoms with Gasteiger partial charge in [-0.25, -0.2) is 9.78 Å². The molecule has 8 heteroatoms. The Morgan fingerprint density at radius 1 is 1.06 bits per heavy atom. The highest BCUT2D eigenvalue weighted by atomic mass is 16.6. The Labute approximate surface area is 183 Å². The minimum absolute atomic E-state index is 0.0767. The molecule has 1 amide bonds. The zero-order valence-electron chi connectivity index (χ0n) is 18.8. The van der Waals surface area contributed by atoms with Crippen molar-refractivity contribution in [1.29, 1.82) is 0 Å². The summed E-state index contributed by atoms with van der Waals surface area (Å²) in [5.74, 6) is 1.65. The standard InChI is InChI=1S/C23H33N5O3/c1-23(2,3)31-22(29)27-9-5-4-6-19(27)18-14-20-24-17(16-7-8-16)15-21(28(20)25-18)26-10-12-30-13-11-26/h14-16,19H,4-13H2,1-3H3/t19-/m0/s1. The maximum atomic E-state index is 12.9. The first-order valence-corrected chi connectivity index (χ1v) is 11.6. The molecule has 2 aromatic heterocycles. The summed E-state index contributed by atoms with van der Waals surface area (Å²) in [5.41, 5.74) is 2.42. The summed E-state index contributed by atoms with van der Waals surface area (Å²) in [4.78, 5) is 22.0. The van der Waals surface area contributed by atoms with E-state index in [4.69, 9.17) is 19.6 Å². The summed E-state index contributed by atoms with van der Waals surface area (Å²) in [7, 11) is 0. The molecule has 0 bridgehead atoms. The van der Waals surface area contributed by atoms with Gasteiger partial charge in [-0.2, -0.15) is 9.61 Å². The van der Waals surface area contributed by atoms with Gasteiger partial charge in [0.05, 0.1) is 24.9 Å². The molecule has 0 N–H and O–H groups in total. The Balaban J connectivity index is 1.51. The van der Waals surface area contributed by atoms with Crippen LogP contribution in [-0.2, 0) is 9.47 Å². The highest BCUT2D eigenvalue weighted by molar-refractivity contribution is 5.69. The van der Waals surface area contributed by atoms with Gasteiger partial charge in [0.2, 0.25) is 0 Å². The Kier molecular flexibility index (Phi) is 5.28. The zero-order valence-corrected chi connectivity index (χ0v) is 18.8. The molecule has 2 saturated heterocycles. The van der Waals surface area contributed by atoms with Crippen LogP contribution in [-0.4, -0.2) is 64.0 Å². The lowest BCUT2D eigenvalue weighted by molar-refractivity contribution is 0.00897. The third-order valence-corrected chi connectivity index (χ3v) is 6.25. The van der Waals surface area contributed by atoms with Crippen molar-refractivity contribution in [2.45, 2.75) is 70.4 Å². The minimum Gasteiger partial charge on any atom is -0.444 e. The Morgan fingerprint density at radius 3 is 2.55 bits per heavy atom. The van der Waals surface area contributed by atoms with Gasteiger partial charge in [-0.3, -0.25) is 4.90 Å². The summed E-state index contributed by atoms with van der Waals surface area (Å²) in [6, 6.07) is 4.20. The summed E-state index contributed by atoms with van der Waals surface area (Å²) < 4.78 is 13.2. The van der Waals surface area contributed by atoms with Crippen molar-refractivity contribution in [3.8, 4) is 0 Å². The SMILES string of the molecule is CC(C)(C)OC(=O)N1CCCC[C@H]1c1cc2nc(C3CC3)cc(N3CCOCC3)n2n1. The molecule has 8 nitrogen and oxygen atoms in total. The van der Waals surface area contributed by atoms with E-state index in [9.17, 15) is 4.79 Å². The Bertz CT molecular complexity index is 956. The monoisotopic (exact) mass is 427 g/mol. The first-order chi connectivity index (χ1) is 14.9. The lowest BCUT2D eigenvalue weighted by Crippen LogP contribution is -2.42. The van der Waals surface area contributed by atoms with E-state index in [1.807, 2.05) is 30.2 Å². The van der Waals surface area contributed by atoms with Crippen LogP contribution in [0.3, 0.4) is 0 Å². The van der Waals surface area contributed by atoms with Gasteiger partial charge in [0.1, 0.15) is 11.4 Å². The second kappa shape index (κ2) is 7.97. The number of rotatable bonds is 3. The summed E-state index contributed by atoms with van der Waals surface area (Å²) in [6.07, 6.45) is 5.13. The normalized spacial score (nSPS) is 22.7. The minimum atomic E-state index is -0.512. The third kappa shape index (κ3) is 4.35. The molecule has 4 heterocycles. The Hall–Kier alpha value is -2.35. The fourth-order valence-corrected chi connectivity index (χ4v) is 4.54. The van der Waals surface area contributed by atoms with Crippen molar-refractivity contribution in [2.24, 2.45) is 0 Å². The van der Waals surface area contributed by atoms with E-state index in [1.165, 1.54) is 12.8 Å². The van der Waals surface area contributed by atoms with Crippen LogP contribution in [0.25, 0.3) is 5.65 Å². The number of hydrogen-bond donors (Lipinski definition) is 0. The van der Waals surface area contributed by atoms with Crippen molar-refractivity contribution in [2.75, 3.05) is 37.7 Å². The van der Waals surface area contributed by atoms with Crippen LogP contribution in [0, 0.1) is 0 Å². The highest BCUT2D eigenvalue weighted by Crippen LogP contribution is 2.41. The average molecular weight is 428 g/mol. The van der Waals surface area contributed by atoms with E-state index in [-0.39, 0.29) is 12.1 Å². The summed E-state index contributed by atoms with van der Waals surface area (Å²) in [5, 5.41) is 4.98. The van der Waals surface area contributed by atoms with Crippen molar-refractivity contribution >= 4 is 17.6 Å². The predicted molar refractivity (Wildman–Crippen MR) is 118 cm³/mol. The smallest absolute Gasteiger partial charge is 0.410 e. The topological polar surface area (TPSA) is 72.2 Å². The number of piperidine rings is 1. The quantitative estimate of drug-likeness (QED) is 0.740. The number of fused-ring (bicyclic) bond motifs is 1. The number of ether oxygens (including phenoxy) is 2. The van der Waals surface area contributed by atoms with Gasteiger partial charge < -0.3 is 14.4 Å².